The quantitative estimate of drug-likeness (QED) is 0.0808. The first-order chi connectivity index (χ1) is 32.9. The van der Waals surface area contributed by atoms with Crippen molar-refractivity contribution in [3.05, 3.63) is 175 Å². The van der Waals surface area contributed by atoms with Gasteiger partial charge in [-0.2, -0.15) is 0 Å². The van der Waals surface area contributed by atoms with Gasteiger partial charge in [-0.1, -0.05) is 143 Å². The van der Waals surface area contributed by atoms with Gasteiger partial charge in [0.05, 0.1) is 0 Å². The number of hydrogen-bond acceptors (Lipinski definition) is 6. The molecule has 70 heavy (non-hydrogen) atoms. The molecular formula is C64H74N2O4. The monoisotopic (exact) mass is 935 g/mol. The average molecular weight is 935 g/mol. The molecule has 6 aromatic carbocycles. The van der Waals surface area contributed by atoms with Crippen LogP contribution in [0.2, 0.25) is 0 Å². The second kappa shape index (κ2) is 20.3. The van der Waals surface area contributed by atoms with Crippen LogP contribution < -0.4 is 20.1 Å². The van der Waals surface area contributed by atoms with Crippen LogP contribution >= 0.6 is 0 Å². The van der Waals surface area contributed by atoms with E-state index in [0.717, 1.165) is 101 Å². The molecule has 0 fully saturated rings. The van der Waals surface area contributed by atoms with Crippen molar-refractivity contribution in [2.24, 2.45) is 0 Å². The predicted octanol–water partition coefficient (Wildman–Crippen LogP) is 13.9. The standard InChI is InChI=1S/C64H74N2O4/c1-15-41-17-21-55(22-18-41)65-25-27-69-59-47-29-43-33-51(61(3,4)5)35-45(57(43)67)31-49-39-54(64(12,13)14)40-50(60(49)70-28-26-66-56-23-19-42(16-2)20-24-56)32-46-36-52(62(6,7)8)34-44(58(46)68)30-48(59)38-53(37-47)63(9,10)11/h1-2,17-24,33-40,65-68H,25-32H2,3-14H3. The number of rotatable bonds is 10. The van der Waals surface area contributed by atoms with Crippen molar-refractivity contribution in [3.8, 4) is 47.7 Å². The number of aromatic hydroxyl groups is 2. The van der Waals surface area contributed by atoms with Crippen LogP contribution in [-0.4, -0.2) is 36.5 Å². The lowest BCUT2D eigenvalue weighted by molar-refractivity contribution is 0.326. The lowest BCUT2D eigenvalue weighted by Crippen LogP contribution is -2.18. The summed E-state index contributed by atoms with van der Waals surface area (Å²) in [5, 5.41) is 32.4. The first kappa shape index (κ1) is 51.1. The number of benzene rings is 6. The van der Waals surface area contributed by atoms with Gasteiger partial charge in [-0.3, -0.25) is 0 Å². The zero-order chi connectivity index (χ0) is 50.8. The second-order valence-electron chi connectivity index (χ2n) is 23.2. The predicted molar refractivity (Wildman–Crippen MR) is 292 cm³/mol. The number of anilines is 2. The molecule has 8 bridgehead atoms. The number of terminal acetylenes is 2. The Morgan fingerprint density at radius 3 is 0.886 bits per heavy atom. The van der Waals surface area contributed by atoms with E-state index in [9.17, 15) is 10.2 Å². The first-order valence-corrected chi connectivity index (χ1v) is 24.8. The van der Waals surface area contributed by atoms with Crippen LogP contribution in [0, 0.1) is 24.7 Å². The molecular weight excluding hydrogens is 861 g/mol. The highest BCUT2D eigenvalue weighted by Gasteiger charge is 2.28. The second-order valence-corrected chi connectivity index (χ2v) is 23.2. The Kier molecular flexibility index (Phi) is 14.8. The number of nitrogens with one attached hydrogen (secondary N) is 2. The lowest BCUT2D eigenvalue weighted by atomic mass is 9.79. The molecule has 6 nitrogen and oxygen atoms in total. The third kappa shape index (κ3) is 12.2. The van der Waals surface area contributed by atoms with Crippen molar-refractivity contribution in [2.75, 3.05) is 36.9 Å². The summed E-state index contributed by atoms with van der Waals surface area (Å²) in [5.41, 5.74) is 14.5. The Balaban J connectivity index is 1.43. The summed E-state index contributed by atoms with van der Waals surface area (Å²) in [6, 6.07) is 33.4. The molecule has 0 aliphatic heterocycles. The van der Waals surface area contributed by atoms with Gasteiger partial charge in [-0.25, -0.2) is 0 Å². The molecule has 1 aliphatic rings. The van der Waals surface area contributed by atoms with Gasteiger partial charge in [0.2, 0.25) is 0 Å². The molecule has 0 spiro atoms. The molecule has 0 atom stereocenters. The van der Waals surface area contributed by atoms with Gasteiger partial charge in [-0.05, 0) is 137 Å². The van der Waals surface area contributed by atoms with E-state index in [-0.39, 0.29) is 33.2 Å². The maximum atomic E-state index is 12.7. The van der Waals surface area contributed by atoms with Crippen LogP contribution in [0.3, 0.4) is 0 Å². The number of phenolic OH excluding ortho intramolecular Hbond substituents is 2. The molecule has 0 radical (unpaired) electrons. The zero-order valence-corrected chi connectivity index (χ0v) is 43.8. The minimum absolute atomic E-state index is 0.206. The van der Waals surface area contributed by atoms with E-state index >= 15 is 0 Å². The normalized spacial score (nSPS) is 12.9. The summed E-state index contributed by atoms with van der Waals surface area (Å²) in [6.07, 6.45) is 13.0. The minimum atomic E-state index is -0.216. The number of hydrogen-bond donors (Lipinski definition) is 4. The molecule has 0 unspecified atom stereocenters. The van der Waals surface area contributed by atoms with E-state index in [1.807, 2.05) is 48.5 Å². The van der Waals surface area contributed by atoms with Crippen LogP contribution in [0.15, 0.2) is 97.1 Å². The molecule has 0 aromatic heterocycles. The summed E-state index contributed by atoms with van der Waals surface area (Å²) in [7, 11) is 0. The van der Waals surface area contributed by atoms with Crippen LogP contribution in [0.25, 0.3) is 0 Å². The van der Waals surface area contributed by atoms with Gasteiger partial charge in [0.15, 0.2) is 0 Å². The highest BCUT2D eigenvalue weighted by molar-refractivity contribution is 5.60. The van der Waals surface area contributed by atoms with E-state index in [2.05, 4.69) is 154 Å². The molecule has 6 heteroatoms. The molecule has 6 aromatic rings. The average Bonchev–Trinajstić information content (AvgIpc) is 3.28. The smallest absolute Gasteiger partial charge is 0.126 e. The Bertz CT molecular complexity index is 2640. The number of phenols is 2. The van der Waals surface area contributed by atoms with Crippen molar-refractivity contribution in [3.63, 3.8) is 0 Å². The largest absolute Gasteiger partial charge is 0.507 e. The third-order valence-electron chi connectivity index (χ3n) is 13.5. The molecule has 0 amide bonds. The van der Waals surface area contributed by atoms with Crippen molar-refractivity contribution >= 4 is 11.4 Å². The zero-order valence-electron chi connectivity index (χ0n) is 43.8. The molecule has 364 valence electrons. The Morgan fingerprint density at radius 1 is 0.414 bits per heavy atom. The number of fused-ring (bicyclic) bond motifs is 8. The van der Waals surface area contributed by atoms with Crippen LogP contribution in [0.5, 0.6) is 23.0 Å². The van der Waals surface area contributed by atoms with Crippen molar-refractivity contribution < 1.29 is 19.7 Å². The Hall–Kier alpha value is -6.76. The van der Waals surface area contributed by atoms with Crippen molar-refractivity contribution in [1.82, 2.24) is 0 Å². The third-order valence-corrected chi connectivity index (χ3v) is 13.5. The van der Waals surface area contributed by atoms with E-state index in [0.29, 0.717) is 52.0 Å². The number of ether oxygens (including phenoxy) is 2. The van der Waals surface area contributed by atoms with Gasteiger partial charge in [0.25, 0.3) is 0 Å². The maximum Gasteiger partial charge on any atom is 0.126 e. The fourth-order valence-electron chi connectivity index (χ4n) is 9.08. The molecule has 0 saturated carbocycles. The van der Waals surface area contributed by atoms with Crippen LogP contribution in [0.4, 0.5) is 11.4 Å². The van der Waals surface area contributed by atoms with Crippen molar-refractivity contribution in [1.29, 1.82) is 0 Å². The van der Waals surface area contributed by atoms with Gasteiger partial charge < -0.3 is 30.3 Å². The molecule has 7 rings (SSSR count). The topological polar surface area (TPSA) is 83.0 Å². The lowest BCUT2D eigenvalue weighted by Gasteiger charge is -2.28. The minimum Gasteiger partial charge on any atom is -0.507 e. The van der Waals surface area contributed by atoms with E-state index < -0.39 is 0 Å². The van der Waals surface area contributed by atoms with Gasteiger partial charge in [0, 0.05) is 61.3 Å². The summed E-state index contributed by atoms with van der Waals surface area (Å²) in [4.78, 5) is 0. The van der Waals surface area contributed by atoms with Crippen LogP contribution in [0.1, 0.15) is 161 Å². The highest BCUT2D eigenvalue weighted by atomic mass is 16.5. The van der Waals surface area contributed by atoms with E-state index in [4.69, 9.17) is 22.3 Å². The fraction of sp³-hybridized carbons (Fsp3) is 0.375. The maximum absolute atomic E-state index is 12.7. The van der Waals surface area contributed by atoms with Gasteiger partial charge >= 0.3 is 0 Å². The molecule has 1 aliphatic carbocycles. The summed E-state index contributed by atoms with van der Waals surface area (Å²) in [5.74, 6) is 7.46. The molecule has 4 N–H and O–H groups in total. The van der Waals surface area contributed by atoms with Gasteiger partial charge in [0.1, 0.15) is 36.2 Å². The van der Waals surface area contributed by atoms with E-state index in [1.165, 1.54) is 0 Å². The summed E-state index contributed by atoms with van der Waals surface area (Å²) >= 11 is 0. The van der Waals surface area contributed by atoms with Crippen molar-refractivity contribution in [2.45, 2.75) is 130 Å². The SMILES string of the molecule is C#Cc1ccc(NCCOc2c3cc(C(C)(C)C)cc2Cc2cc(C(C)(C)C)cc(c2O)Cc2cc(C(C)(C)C)cc(c2OCCNc2ccc(C#C)cc2)Cc2cc(C(C)(C)C)cc(c2O)C3)cc1. The summed E-state index contributed by atoms with van der Waals surface area (Å²) in [6.45, 7) is 28.6. The fourth-order valence-corrected chi connectivity index (χ4v) is 9.08. The van der Waals surface area contributed by atoms with E-state index in [1.54, 1.807) is 0 Å². The highest BCUT2D eigenvalue weighted by Crippen LogP contribution is 2.44. The van der Waals surface area contributed by atoms with Gasteiger partial charge in [-0.15, -0.1) is 12.8 Å². The first-order valence-electron chi connectivity index (χ1n) is 24.8. The molecule has 0 saturated heterocycles. The Labute approximate surface area is 419 Å². The Morgan fingerprint density at radius 2 is 0.657 bits per heavy atom. The van der Waals surface area contributed by atoms with Crippen LogP contribution in [-0.2, 0) is 47.3 Å². The summed E-state index contributed by atoms with van der Waals surface area (Å²) < 4.78 is 13.9. The molecule has 0 heterocycles.